The van der Waals surface area contributed by atoms with Crippen LogP contribution in [0.3, 0.4) is 0 Å². The van der Waals surface area contributed by atoms with E-state index in [1.165, 1.54) is 24.3 Å². The quantitative estimate of drug-likeness (QED) is 0.306. The van der Waals surface area contributed by atoms with Gasteiger partial charge in [0.1, 0.15) is 11.4 Å². The minimum Gasteiger partial charge on any atom is -0.460 e. The van der Waals surface area contributed by atoms with Crippen molar-refractivity contribution in [2.24, 2.45) is 11.3 Å². The Morgan fingerprint density at radius 1 is 0.933 bits per heavy atom. The van der Waals surface area contributed by atoms with Gasteiger partial charge in [-0.25, -0.2) is 4.79 Å². The number of esters is 1. The average Bonchev–Trinajstić information content (AvgIpc) is 3.18. The predicted molar refractivity (Wildman–Crippen MR) is 165 cm³/mol. The lowest BCUT2D eigenvalue weighted by Gasteiger charge is -2.45. The third-order valence-corrected chi connectivity index (χ3v) is 8.60. The summed E-state index contributed by atoms with van der Waals surface area (Å²) >= 11 is 0. The van der Waals surface area contributed by atoms with Gasteiger partial charge in [-0.3, -0.25) is 14.5 Å². The molecule has 1 saturated heterocycles. The zero-order chi connectivity index (χ0) is 33.2. The first-order valence-electron chi connectivity index (χ1n) is 15.4. The lowest BCUT2D eigenvalue weighted by Crippen LogP contribution is -2.50. The molecule has 1 aliphatic heterocycles. The van der Waals surface area contributed by atoms with Crippen molar-refractivity contribution in [3.8, 4) is 5.75 Å². The minimum atomic E-state index is -4.80. The zero-order valence-electron chi connectivity index (χ0n) is 26.9. The summed E-state index contributed by atoms with van der Waals surface area (Å²) in [5.41, 5.74) is 0.906. The van der Waals surface area contributed by atoms with Crippen molar-refractivity contribution in [2.75, 3.05) is 18.0 Å². The fourth-order valence-corrected chi connectivity index (χ4v) is 6.23. The van der Waals surface area contributed by atoms with Crippen LogP contribution < -0.4 is 15.0 Å². The van der Waals surface area contributed by atoms with E-state index in [1.807, 2.05) is 17.0 Å². The molecule has 2 aromatic rings. The molecular weight excluding hydrogens is 587 g/mol. The molecule has 11 heteroatoms. The second-order valence-corrected chi connectivity index (χ2v) is 14.2. The number of hydrogen-bond donors (Lipinski definition) is 1. The summed E-state index contributed by atoms with van der Waals surface area (Å²) in [5.74, 6) is -0.535. The molecule has 0 radical (unpaired) electrons. The summed E-state index contributed by atoms with van der Waals surface area (Å²) in [7, 11) is 0. The maximum atomic E-state index is 13.9. The van der Waals surface area contributed by atoms with Crippen molar-refractivity contribution in [3.05, 3.63) is 59.7 Å². The molecule has 1 N–H and O–H groups in total. The van der Waals surface area contributed by atoms with Gasteiger partial charge in [0.2, 0.25) is 0 Å². The predicted octanol–water partition coefficient (Wildman–Crippen LogP) is 7.46. The standard InChI is InChI=1S/C34H44F3N3O5/c1-31(2,3)25-15-18-33(19-16-25)22-39(26-11-13-27(14-12-26)44-34(35,36)37)30(43)40(33)21-23-7-9-24(10-8-23)29(42)38-20-17-28(41)45-32(4,5)6/h7-14,25H,15-22H2,1-6H3,(H,38,42). The molecule has 1 spiro atoms. The van der Waals surface area contributed by atoms with Crippen LogP contribution in [0.1, 0.15) is 89.6 Å². The van der Waals surface area contributed by atoms with E-state index in [0.717, 1.165) is 31.2 Å². The first-order chi connectivity index (χ1) is 20.9. The molecule has 2 aromatic carbocycles. The highest BCUT2D eigenvalue weighted by atomic mass is 19.4. The van der Waals surface area contributed by atoms with E-state index in [4.69, 9.17) is 4.74 Å². The Morgan fingerprint density at radius 2 is 1.53 bits per heavy atom. The summed E-state index contributed by atoms with van der Waals surface area (Å²) in [6, 6.07) is 12.2. The van der Waals surface area contributed by atoms with Crippen molar-refractivity contribution >= 4 is 23.6 Å². The lowest BCUT2D eigenvalue weighted by molar-refractivity contribution is -0.274. The molecule has 1 heterocycles. The van der Waals surface area contributed by atoms with E-state index in [0.29, 0.717) is 30.3 Å². The maximum absolute atomic E-state index is 13.9. The van der Waals surface area contributed by atoms with Crippen LogP contribution in [0.5, 0.6) is 5.75 Å². The van der Waals surface area contributed by atoms with Gasteiger partial charge in [0.15, 0.2) is 0 Å². The molecule has 4 rings (SSSR count). The van der Waals surface area contributed by atoms with Crippen LogP contribution in [0.2, 0.25) is 0 Å². The highest BCUT2D eigenvalue weighted by Crippen LogP contribution is 2.47. The van der Waals surface area contributed by atoms with Gasteiger partial charge in [-0.05, 0) is 99.7 Å². The monoisotopic (exact) mass is 631 g/mol. The van der Waals surface area contributed by atoms with E-state index in [9.17, 15) is 27.6 Å². The number of carbonyl (C=O) groups excluding carboxylic acids is 3. The molecule has 0 bridgehead atoms. The molecule has 0 atom stereocenters. The minimum absolute atomic E-state index is 0.0604. The van der Waals surface area contributed by atoms with Crippen molar-refractivity contribution in [2.45, 2.75) is 97.7 Å². The second-order valence-electron chi connectivity index (χ2n) is 14.2. The fraction of sp³-hybridized carbons (Fsp3) is 0.559. The van der Waals surface area contributed by atoms with Gasteiger partial charge in [0.05, 0.1) is 18.5 Å². The molecule has 0 aromatic heterocycles. The van der Waals surface area contributed by atoms with E-state index in [1.54, 1.807) is 37.8 Å². The number of carbonyl (C=O) groups is 3. The number of nitrogens with zero attached hydrogens (tertiary/aromatic N) is 2. The number of nitrogens with one attached hydrogen (secondary N) is 1. The molecule has 0 unspecified atom stereocenters. The van der Waals surface area contributed by atoms with E-state index in [-0.39, 0.29) is 36.1 Å². The van der Waals surface area contributed by atoms with E-state index < -0.39 is 23.5 Å². The number of benzene rings is 2. The van der Waals surface area contributed by atoms with Crippen LogP contribution in [0, 0.1) is 11.3 Å². The smallest absolute Gasteiger partial charge is 0.460 e. The van der Waals surface area contributed by atoms with Gasteiger partial charge in [0, 0.05) is 24.3 Å². The number of alkyl halides is 3. The van der Waals surface area contributed by atoms with Crippen molar-refractivity contribution in [1.29, 1.82) is 0 Å². The molecule has 3 amide bonds. The summed E-state index contributed by atoms with van der Waals surface area (Å²) in [6.07, 6.45) is -1.20. The largest absolute Gasteiger partial charge is 0.573 e. The Hall–Kier alpha value is -3.76. The van der Waals surface area contributed by atoms with Crippen molar-refractivity contribution in [1.82, 2.24) is 10.2 Å². The molecule has 1 aliphatic carbocycles. The Kier molecular flexibility index (Phi) is 9.80. The highest BCUT2D eigenvalue weighted by molar-refractivity contribution is 5.96. The summed E-state index contributed by atoms with van der Waals surface area (Å²) in [4.78, 5) is 42.1. The van der Waals surface area contributed by atoms with E-state index >= 15 is 0 Å². The summed E-state index contributed by atoms with van der Waals surface area (Å²) in [5, 5.41) is 2.74. The van der Waals surface area contributed by atoms with Crippen molar-refractivity contribution < 1.29 is 37.0 Å². The lowest BCUT2D eigenvalue weighted by atomic mass is 9.67. The second kappa shape index (κ2) is 12.9. The third-order valence-electron chi connectivity index (χ3n) is 8.60. The zero-order valence-corrected chi connectivity index (χ0v) is 26.9. The molecule has 2 fully saturated rings. The van der Waals surface area contributed by atoms with Crippen LogP contribution in [-0.4, -0.2) is 53.4 Å². The van der Waals surface area contributed by atoms with Gasteiger partial charge >= 0.3 is 18.4 Å². The SMILES string of the molecule is CC(C)(C)OC(=O)CCNC(=O)c1ccc(CN2C(=O)N(c3ccc(OC(F)(F)F)cc3)CC23CCC(C(C)(C)C)CC3)cc1. The third kappa shape index (κ3) is 8.92. The Bertz CT molecular complexity index is 1350. The van der Waals surface area contributed by atoms with Crippen LogP contribution in [0.4, 0.5) is 23.7 Å². The van der Waals surface area contributed by atoms with E-state index in [2.05, 4.69) is 30.8 Å². The first kappa shape index (κ1) is 34.1. The number of amides is 3. The molecular formula is C34H44F3N3O5. The van der Waals surface area contributed by atoms with Gasteiger partial charge in [-0.2, -0.15) is 0 Å². The fourth-order valence-electron chi connectivity index (χ4n) is 6.23. The summed E-state index contributed by atoms with van der Waals surface area (Å²) in [6.45, 7) is 13.0. The van der Waals surface area contributed by atoms with Gasteiger partial charge in [-0.15, -0.1) is 13.2 Å². The van der Waals surface area contributed by atoms with Gasteiger partial charge in [0.25, 0.3) is 5.91 Å². The average molecular weight is 632 g/mol. The maximum Gasteiger partial charge on any atom is 0.573 e. The molecule has 2 aliphatic rings. The van der Waals surface area contributed by atoms with Gasteiger partial charge < -0.3 is 19.7 Å². The Labute approximate surface area is 263 Å². The number of halogens is 3. The number of anilines is 1. The van der Waals surface area contributed by atoms with Crippen molar-refractivity contribution in [3.63, 3.8) is 0 Å². The molecule has 1 saturated carbocycles. The summed E-state index contributed by atoms with van der Waals surface area (Å²) < 4.78 is 47.3. The first-order valence-corrected chi connectivity index (χ1v) is 15.4. The van der Waals surface area contributed by atoms with Crippen LogP contribution >= 0.6 is 0 Å². The number of urea groups is 1. The Balaban J connectivity index is 1.47. The number of rotatable bonds is 8. The normalized spacial score (nSPS) is 20.8. The highest BCUT2D eigenvalue weighted by Gasteiger charge is 2.52. The number of hydrogen-bond acceptors (Lipinski definition) is 5. The Morgan fingerprint density at radius 3 is 2.07 bits per heavy atom. The van der Waals surface area contributed by atoms with Crippen LogP contribution in [-0.2, 0) is 16.1 Å². The topological polar surface area (TPSA) is 88.2 Å². The molecule has 45 heavy (non-hydrogen) atoms. The van der Waals surface area contributed by atoms with Crippen LogP contribution in [0.15, 0.2) is 48.5 Å². The van der Waals surface area contributed by atoms with Crippen LogP contribution in [0.25, 0.3) is 0 Å². The molecule has 246 valence electrons. The van der Waals surface area contributed by atoms with Gasteiger partial charge in [-0.1, -0.05) is 32.9 Å². The number of ether oxygens (including phenoxy) is 2. The molecule has 8 nitrogen and oxygen atoms in total.